The minimum atomic E-state index is -0.750. The van der Waals surface area contributed by atoms with Gasteiger partial charge in [0.15, 0.2) is 0 Å². The molecule has 0 spiro atoms. The van der Waals surface area contributed by atoms with Gasteiger partial charge in [0.2, 0.25) is 11.8 Å². The first-order valence-corrected chi connectivity index (χ1v) is 6.16. The van der Waals surface area contributed by atoms with Crippen LogP contribution in [0.4, 0.5) is 0 Å². The maximum atomic E-state index is 12.0. The molecule has 1 N–H and O–H groups in total. The van der Waals surface area contributed by atoms with Gasteiger partial charge in [-0.25, -0.2) is 0 Å². The second-order valence-electron chi connectivity index (χ2n) is 4.72. The molecule has 0 radical (unpaired) electrons. The summed E-state index contributed by atoms with van der Waals surface area (Å²) in [6, 6.07) is 0. The van der Waals surface area contributed by atoms with Crippen LogP contribution in [0.15, 0.2) is 0 Å². The van der Waals surface area contributed by atoms with Crippen molar-refractivity contribution in [3.05, 3.63) is 0 Å². The van der Waals surface area contributed by atoms with Gasteiger partial charge < -0.3 is 15.0 Å². The predicted octanol–water partition coefficient (Wildman–Crippen LogP) is 0.540. The van der Waals surface area contributed by atoms with Crippen molar-refractivity contribution in [3.8, 4) is 0 Å². The van der Waals surface area contributed by atoms with Crippen molar-refractivity contribution in [3.63, 3.8) is 0 Å². The normalized spacial score (nSPS) is 19.0. The summed E-state index contributed by atoms with van der Waals surface area (Å²) < 4.78 is 5.29. The fraction of sp³-hybridized carbons (Fsp3) is 0.833. The zero-order valence-corrected chi connectivity index (χ0v) is 10.9. The van der Waals surface area contributed by atoms with Crippen LogP contribution in [0.5, 0.6) is 0 Å². The van der Waals surface area contributed by atoms with Gasteiger partial charge in [-0.05, 0) is 20.3 Å². The summed E-state index contributed by atoms with van der Waals surface area (Å²) in [5.74, 6) is -0.104. The summed E-state index contributed by atoms with van der Waals surface area (Å²) >= 11 is 0. The van der Waals surface area contributed by atoms with Crippen LogP contribution >= 0.6 is 0 Å². The van der Waals surface area contributed by atoms with E-state index in [2.05, 4.69) is 5.32 Å². The van der Waals surface area contributed by atoms with E-state index in [1.165, 1.54) is 0 Å². The molecular formula is C12H22N2O3. The molecule has 2 amide bonds. The molecule has 1 saturated heterocycles. The molecule has 1 heterocycles. The maximum absolute atomic E-state index is 12.0. The minimum Gasteiger partial charge on any atom is -0.381 e. The van der Waals surface area contributed by atoms with Gasteiger partial charge >= 0.3 is 0 Å². The van der Waals surface area contributed by atoms with Crippen molar-refractivity contribution in [2.75, 3.05) is 26.3 Å². The van der Waals surface area contributed by atoms with Crippen molar-refractivity contribution in [2.24, 2.45) is 0 Å². The lowest BCUT2D eigenvalue weighted by Crippen LogP contribution is -2.63. The predicted molar refractivity (Wildman–Crippen MR) is 64.5 cm³/mol. The lowest BCUT2D eigenvalue weighted by Gasteiger charge is -2.41. The van der Waals surface area contributed by atoms with Gasteiger partial charge in [0.05, 0.1) is 13.0 Å². The first kappa shape index (κ1) is 14.0. The molecule has 1 fully saturated rings. The highest BCUT2D eigenvalue weighted by atomic mass is 16.5. The van der Waals surface area contributed by atoms with E-state index < -0.39 is 5.54 Å². The summed E-state index contributed by atoms with van der Waals surface area (Å²) in [7, 11) is 0. The van der Waals surface area contributed by atoms with E-state index in [0.717, 1.165) is 6.42 Å². The van der Waals surface area contributed by atoms with E-state index in [4.69, 9.17) is 4.74 Å². The van der Waals surface area contributed by atoms with Crippen LogP contribution < -0.4 is 5.32 Å². The Balaban J connectivity index is 2.47. The van der Waals surface area contributed by atoms with E-state index in [-0.39, 0.29) is 11.8 Å². The van der Waals surface area contributed by atoms with Crippen LogP contribution in [0.2, 0.25) is 0 Å². The lowest BCUT2D eigenvalue weighted by molar-refractivity contribution is -0.149. The number of hydrogen-bond acceptors (Lipinski definition) is 3. The molecule has 5 heteroatoms. The number of amides is 2. The van der Waals surface area contributed by atoms with Crippen LogP contribution in [-0.4, -0.2) is 48.6 Å². The van der Waals surface area contributed by atoms with Gasteiger partial charge in [-0.1, -0.05) is 6.92 Å². The zero-order valence-electron chi connectivity index (χ0n) is 10.9. The number of piperazine rings is 1. The van der Waals surface area contributed by atoms with E-state index in [1.807, 2.05) is 6.92 Å². The second kappa shape index (κ2) is 6.00. The van der Waals surface area contributed by atoms with E-state index in [9.17, 15) is 9.59 Å². The Hall–Kier alpha value is -1.10. The second-order valence-corrected chi connectivity index (χ2v) is 4.72. The smallest absolute Gasteiger partial charge is 0.245 e. The van der Waals surface area contributed by atoms with Gasteiger partial charge in [0.25, 0.3) is 0 Å². The Morgan fingerprint density at radius 3 is 2.82 bits per heavy atom. The van der Waals surface area contributed by atoms with E-state index in [1.54, 1.807) is 18.7 Å². The number of carbonyl (C=O) groups excluding carboxylic acids is 2. The van der Waals surface area contributed by atoms with Crippen molar-refractivity contribution in [2.45, 2.75) is 39.2 Å². The first-order valence-electron chi connectivity index (χ1n) is 6.16. The number of carbonyl (C=O) groups is 2. The Morgan fingerprint density at radius 2 is 2.18 bits per heavy atom. The Morgan fingerprint density at radius 1 is 1.47 bits per heavy atom. The molecule has 5 nitrogen and oxygen atoms in total. The molecule has 0 atom stereocenters. The number of ether oxygens (including phenoxy) is 1. The molecule has 1 aliphatic rings. The fourth-order valence-corrected chi connectivity index (χ4v) is 1.88. The van der Waals surface area contributed by atoms with Gasteiger partial charge in [-0.2, -0.15) is 0 Å². The van der Waals surface area contributed by atoms with Gasteiger partial charge in [0.1, 0.15) is 5.54 Å². The molecule has 0 aliphatic carbocycles. The summed E-state index contributed by atoms with van der Waals surface area (Å²) in [6.45, 7) is 7.78. The van der Waals surface area contributed by atoms with Crippen LogP contribution in [0.3, 0.4) is 0 Å². The van der Waals surface area contributed by atoms with Gasteiger partial charge in [0, 0.05) is 19.7 Å². The van der Waals surface area contributed by atoms with Crippen LogP contribution in [0.1, 0.15) is 33.6 Å². The van der Waals surface area contributed by atoms with Crippen LogP contribution in [0.25, 0.3) is 0 Å². The molecule has 98 valence electrons. The third-order valence-electron chi connectivity index (χ3n) is 2.96. The maximum Gasteiger partial charge on any atom is 0.245 e. The molecule has 1 aliphatic heterocycles. The Labute approximate surface area is 102 Å². The molecule has 17 heavy (non-hydrogen) atoms. The quantitative estimate of drug-likeness (QED) is 0.716. The zero-order chi connectivity index (χ0) is 12.9. The molecule has 0 saturated carbocycles. The standard InChI is InChI=1S/C12H22N2O3/c1-4-8-17-9-5-10(15)14-7-6-13-11(16)12(14,2)3/h4-9H2,1-3H3,(H,13,16). The molecule has 0 aromatic carbocycles. The monoisotopic (exact) mass is 242 g/mol. The fourth-order valence-electron chi connectivity index (χ4n) is 1.88. The third-order valence-corrected chi connectivity index (χ3v) is 2.96. The first-order chi connectivity index (χ1) is 8.00. The van der Waals surface area contributed by atoms with Gasteiger partial charge in [-0.3, -0.25) is 9.59 Å². The molecular weight excluding hydrogens is 220 g/mol. The molecule has 0 aromatic heterocycles. The van der Waals surface area contributed by atoms with Crippen molar-refractivity contribution < 1.29 is 14.3 Å². The summed E-state index contributed by atoms with van der Waals surface area (Å²) in [4.78, 5) is 25.3. The molecule has 0 bridgehead atoms. The number of nitrogens with one attached hydrogen (secondary N) is 1. The lowest BCUT2D eigenvalue weighted by atomic mass is 9.98. The van der Waals surface area contributed by atoms with E-state index in [0.29, 0.717) is 32.7 Å². The number of rotatable bonds is 5. The summed E-state index contributed by atoms with van der Waals surface area (Å²) in [6.07, 6.45) is 1.29. The van der Waals surface area contributed by atoms with Crippen molar-refractivity contribution in [1.82, 2.24) is 10.2 Å². The summed E-state index contributed by atoms with van der Waals surface area (Å²) in [5.41, 5.74) is -0.750. The highest BCUT2D eigenvalue weighted by Crippen LogP contribution is 2.18. The Kier molecular flexibility index (Phi) is 4.93. The molecule has 1 rings (SSSR count). The van der Waals surface area contributed by atoms with E-state index >= 15 is 0 Å². The molecule has 0 unspecified atom stereocenters. The topological polar surface area (TPSA) is 58.6 Å². The van der Waals surface area contributed by atoms with Crippen LogP contribution in [-0.2, 0) is 14.3 Å². The van der Waals surface area contributed by atoms with Crippen LogP contribution in [0, 0.1) is 0 Å². The largest absolute Gasteiger partial charge is 0.381 e. The average Bonchev–Trinajstić information content (AvgIpc) is 2.28. The number of nitrogens with zero attached hydrogens (tertiary/aromatic N) is 1. The van der Waals surface area contributed by atoms with Crippen molar-refractivity contribution in [1.29, 1.82) is 0 Å². The Bertz CT molecular complexity index is 289. The summed E-state index contributed by atoms with van der Waals surface area (Å²) in [5, 5.41) is 2.77. The van der Waals surface area contributed by atoms with Crippen molar-refractivity contribution >= 4 is 11.8 Å². The minimum absolute atomic E-state index is 0.0130. The number of hydrogen-bond donors (Lipinski definition) is 1. The molecule has 0 aromatic rings. The third kappa shape index (κ3) is 3.43. The average molecular weight is 242 g/mol. The SMILES string of the molecule is CCCOCCC(=O)N1CCNC(=O)C1(C)C. The van der Waals surface area contributed by atoms with Gasteiger partial charge in [-0.15, -0.1) is 0 Å². The highest BCUT2D eigenvalue weighted by Gasteiger charge is 2.39. The highest BCUT2D eigenvalue weighted by molar-refractivity contribution is 5.91.